The van der Waals surface area contributed by atoms with Gasteiger partial charge in [0.05, 0.1) is 27.3 Å². The molecular weight excluding hydrogens is 522 g/mol. The van der Waals surface area contributed by atoms with Crippen molar-refractivity contribution in [1.82, 2.24) is 10.2 Å². The molecule has 0 unspecified atom stereocenters. The van der Waals surface area contributed by atoms with Gasteiger partial charge in [0.2, 0.25) is 0 Å². The summed E-state index contributed by atoms with van der Waals surface area (Å²) in [5.41, 5.74) is 5.44. The molecule has 0 aliphatic carbocycles. The van der Waals surface area contributed by atoms with Crippen molar-refractivity contribution >= 4 is 53.1 Å². The van der Waals surface area contributed by atoms with Gasteiger partial charge in [0.1, 0.15) is 12.1 Å². The van der Waals surface area contributed by atoms with Gasteiger partial charge >= 0.3 is 18.0 Å². The summed E-state index contributed by atoms with van der Waals surface area (Å²) in [6, 6.07) is 6.69. The largest absolute Gasteiger partial charge is 0.468 e. The molecule has 0 fully saturated rings. The van der Waals surface area contributed by atoms with E-state index in [2.05, 4.69) is 23.9 Å². The van der Waals surface area contributed by atoms with Gasteiger partial charge in [0.15, 0.2) is 0 Å². The van der Waals surface area contributed by atoms with Crippen LogP contribution in [0.2, 0.25) is 0 Å². The van der Waals surface area contributed by atoms with Crippen molar-refractivity contribution in [3.63, 3.8) is 0 Å². The molecule has 8 nitrogen and oxygen atoms in total. The molecule has 0 spiro atoms. The molecule has 0 aliphatic rings. The molecule has 2 rings (SSSR count). The summed E-state index contributed by atoms with van der Waals surface area (Å²) in [5.74, 6) is -0.706. The van der Waals surface area contributed by atoms with Crippen molar-refractivity contribution in [3.05, 3.63) is 44.8 Å². The Morgan fingerprint density at radius 3 is 1.83 bits per heavy atom. The fourth-order valence-corrected chi connectivity index (χ4v) is 4.55. The number of urea groups is 1. The fraction of sp³-hybridized carbons (Fsp3) is 0.560. The lowest BCUT2D eigenvalue weighted by molar-refractivity contribution is -0.143. The van der Waals surface area contributed by atoms with Gasteiger partial charge in [0, 0.05) is 9.75 Å². The molecule has 11 heteroatoms. The lowest BCUT2D eigenvalue weighted by Crippen LogP contribution is -2.47. The second kappa shape index (κ2) is 20.0. The zero-order valence-electron chi connectivity index (χ0n) is 21.6. The average Bonchev–Trinajstić information content (AvgIpc) is 3.58. The Kier molecular flexibility index (Phi) is 18.8. The maximum Gasteiger partial charge on any atom is 0.328 e. The van der Waals surface area contributed by atoms with Crippen molar-refractivity contribution < 1.29 is 23.9 Å². The van der Waals surface area contributed by atoms with Crippen LogP contribution in [-0.2, 0) is 32.2 Å². The SMILES string of the molecule is CCCC[C@@H](N)C(=O)OC.CCCC[C@@H](NC(=O)N(Cc1cccs1)Cc1cccs1)C(=O)OC.Cl. The Labute approximate surface area is 228 Å². The van der Waals surface area contributed by atoms with Crippen molar-refractivity contribution in [1.29, 1.82) is 0 Å². The van der Waals surface area contributed by atoms with E-state index in [1.807, 2.05) is 35.0 Å². The lowest BCUT2D eigenvalue weighted by atomic mass is 10.1. The molecule has 0 aromatic carbocycles. The van der Waals surface area contributed by atoms with Gasteiger partial charge in [-0.1, -0.05) is 51.7 Å². The van der Waals surface area contributed by atoms with Crippen LogP contribution in [0.4, 0.5) is 4.79 Å². The zero-order chi connectivity index (χ0) is 26.1. The van der Waals surface area contributed by atoms with Crippen LogP contribution in [0, 0.1) is 0 Å². The van der Waals surface area contributed by atoms with Gasteiger partial charge in [-0.15, -0.1) is 35.1 Å². The van der Waals surface area contributed by atoms with E-state index in [-0.39, 0.29) is 24.4 Å². The molecular formula is C25H40ClN3O5S2. The highest BCUT2D eigenvalue weighted by Crippen LogP contribution is 2.17. The number of rotatable bonds is 13. The number of nitrogens with zero attached hydrogens (tertiary/aromatic N) is 1. The van der Waals surface area contributed by atoms with Gasteiger partial charge in [-0.25, -0.2) is 9.59 Å². The molecule has 204 valence electrons. The van der Waals surface area contributed by atoms with Crippen LogP contribution >= 0.6 is 35.1 Å². The number of methoxy groups -OCH3 is 2. The van der Waals surface area contributed by atoms with Crippen LogP contribution < -0.4 is 11.1 Å². The van der Waals surface area contributed by atoms with E-state index in [4.69, 9.17) is 10.5 Å². The predicted octanol–water partition coefficient (Wildman–Crippen LogP) is 5.35. The highest BCUT2D eigenvalue weighted by atomic mass is 35.5. The van der Waals surface area contributed by atoms with Gasteiger partial charge in [0.25, 0.3) is 0 Å². The number of carbonyl (C=O) groups is 3. The molecule has 0 saturated heterocycles. The summed E-state index contributed by atoms with van der Waals surface area (Å²) in [6.07, 6.45) is 5.16. The van der Waals surface area contributed by atoms with E-state index < -0.39 is 18.1 Å². The number of hydrogen-bond donors (Lipinski definition) is 2. The normalized spacial score (nSPS) is 11.7. The van der Waals surface area contributed by atoms with E-state index in [1.54, 1.807) is 27.6 Å². The summed E-state index contributed by atoms with van der Waals surface area (Å²) >= 11 is 3.23. The van der Waals surface area contributed by atoms with Gasteiger partial charge in [-0.3, -0.25) is 4.79 Å². The van der Waals surface area contributed by atoms with Crippen LogP contribution in [0.1, 0.15) is 62.1 Å². The maximum atomic E-state index is 12.8. The molecule has 2 heterocycles. The van der Waals surface area contributed by atoms with Crippen LogP contribution in [0.3, 0.4) is 0 Å². The van der Waals surface area contributed by atoms with Crippen molar-refractivity contribution in [2.45, 2.75) is 77.5 Å². The van der Waals surface area contributed by atoms with Crippen molar-refractivity contribution in [2.24, 2.45) is 5.73 Å². The number of thiophene rings is 2. The molecule has 2 aromatic rings. The molecule has 2 aromatic heterocycles. The molecule has 0 saturated carbocycles. The summed E-state index contributed by atoms with van der Waals surface area (Å²) in [5, 5.41) is 6.84. The number of carbonyl (C=O) groups excluding carboxylic acids is 3. The minimum Gasteiger partial charge on any atom is -0.468 e. The number of nitrogens with one attached hydrogen (secondary N) is 1. The van der Waals surface area contributed by atoms with E-state index in [0.717, 1.165) is 41.9 Å². The first-order valence-corrected chi connectivity index (χ1v) is 13.6. The number of nitrogens with two attached hydrogens (primary N) is 1. The number of esters is 2. The minimum atomic E-state index is -0.605. The lowest BCUT2D eigenvalue weighted by Gasteiger charge is -2.25. The molecule has 2 atom stereocenters. The third-order valence-corrected chi connectivity index (χ3v) is 6.87. The van der Waals surface area contributed by atoms with E-state index >= 15 is 0 Å². The highest BCUT2D eigenvalue weighted by molar-refractivity contribution is 7.10. The summed E-state index contributed by atoms with van der Waals surface area (Å²) in [4.78, 5) is 39.4. The predicted molar refractivity (Wildman–Crippen MR) is 149 cm³/mol. The Balaban J connectivity index is 0.000000948. The van der Waals surface area contributed by atoms with Gasteiger partial charge < -0.3 is 25.4 Å². The standard InChI is InChI=1S/C18H24N2O3S2.C7H15NO2.ClH/c1-3-4-9-16(17(21)23-2)19-18(22)20(12-14-7-5-10-24-14)13-15-8-6-11-25-15;1-3-4-5-6(8)7(9)10-2;/h5-8,10-11,16H,3-4,9,12-13H2,1-2H3,(H,19,22);6H,3-5,8H2,1-2H3;1H/t16-;6-;/m11./s1. The zero-order valence-corrected chi connectivity index (χ0v) is 24.0. The van der Waals surface area contributed by atoms with Crippen LogP contribution in [-0.4, -0.2) is 49.2 Å². The minimum absolute atomic E-state index is 0. The number of amides is 2. The Hall–Kier alpha value is -2.14. The second-order valence-corrected chi connectivity index (χ2v) is 10.0. The third kappa shape index (κ3) is 13.2. The molecule has 0 aliphatic heterocycles. The fourth-order valence-electron chi connectivity index (χ4n) is 3.11. The molecule has 0 radical (unpaired) electrons. The number of unbranched alkanes of at least 4 members (excludes halogenated alkanes) is 2. The first-order chi connectivity index (χ1) is 16.9. The van der Waals surface area contributed by atoms with E-state index in [0.29, 0.717) is 19.5 Å². The smallest absolute Gasteiger partial charge is 0.328 e. The molecule has 36 heavy (non-hydrogen) atoms. The summed E-state index contributed by atoms with van der Waals surface area (Å²) in [7, 11) is 2.71. The number of halogens is 1. The summed E-state index contributed by atoms with van der Waals surface area (Å²) < 4.78 is 9.28. The quantitative estimate of drug-likeness (QED) is 0.319. The topological polar surface area (TPSA) is 111 Å². The Morgan fingerprint density at radius 1 is 0.917 bits per heavy atom. The van der Waals surface area contributed by atoms with Crippen LogP contribution in [0.25, 0.3) is 0 Å². The highest BCUT2D eigenvalue weighted by Gasteiger charge is 2.24. The van der Waals surface area contributed by atoms with Gasteiger partial charge in [-0.2, -0.15) is 0 Å². The Bertz CT molecular complexity index is 814. The monoisotopic (exact) mass is 561 g/mol. The van der Waals surface area contributed by atoms with Crippen LogP contribution in [0.5, 0.6) is 0 Å². The third-order valence-electron chi connectivity index (χ3n) is 5.14. The number of ether oxygens (including phenoxy) is 2. The molecule has 0 bridgehead atoms. The average molecular weight is 562 g/mol. The Morgan fingerprint density at radius 2 is 1.42 bits per heavy atom. The van der Waals surface area contributed by atoms with Crippen LogP contribution in [0.15, 0.2) is 35.0 Å². The van der Waals surface area contributed by atoms with Crippen molar-refractivity contribution in [3.8, 4) is 0 Å². The second-order valence-electron chi connectivity index (χ2n) is 7.95. The van der Waals surface area contributed by atoms with E-state index in [9.17, 15) is 14.4 Å². The van der Waals surface area contributed by atoms with Gasteiger partial charge in [-0.05, 0) is 35.7 Å². The molecule has 3 N–H and O–H groups in total. The number of hydrogen-bond acceptors (Lipinski definition) is 8. The maximum absolute atomic E-state index is 12.8. The van der Waals surface area contributed by atoms with Crippen molar-refractivity contribution in [2.75, 3.05) is 14.2 Å². The van der Waals surface area contributed by atoms with E-state index in [1.165, 1.54) is 14.2 Å². The summed E-state index contributed by atoms with van der Waals surface area (Å²) in [6.45, 7) is 5.15. The first-order valence-electron chi connectivity index (χ1n) is 11.9. The molecule has 2 amide bonds. The first kappa shape index (κ1) is 33.9.